The van der Waals surface area contributed by atoms with Gasteiger partial charge in [-0.25, -0.2) is 0 Å². The Morgan fingerprint density at radius 1 is 0.200 bits per heavy atom. The number of rotatable bonds is 10. The van der Waals surface area contributed by atoms with Gasteiger partial charge in [-0.05, 0) is 131 Å². The predicted octanol–water partition coefficient (Wildman–Crippen LogP) is 18.2. The van der Waals surface area contributed by atoms with Crippen LogP contribution < -0.4 is 9.80 Å². The van der Waals surface area contributed by atoms with E-state index >= 15 is 0 Å². The van der Waals surface area contributed by atoms with E-state index in [4.69, 9.17) is 0 Å². The maximum Gasteiger partial charge on any atom is 0.0561 e. The van der Waals surface area contributed by atoms with Gasteiger partial charge in [0.1, 0.15) is 0 Å². The molecule has 11 aromatic carbocycles. The summed E-state index contributed by atoms with van der Waals surface area (Å²) in [6.45, 7) is 0. The molecule has 0 aliphatic heterocycles. The van der Waals surface area contributed by atoms with Crippen LogP contribution in [0.25, 0.3) is 77.2 Å². The maximum atomic E-state index is 2.38. The summed E-state index contributed by atoms with van der Waals surface area (Å²) in [4.78, 5) is 4.70. The summed E-state index contributed by atoms with van der Waals surface area (Å²) >= 11 is 0. The second-order valence-electron chi connectivity index (χ2n) is 17.8. The number of hydrogen-bond donors (Lipinski definition) is 0. The molecule has 2 heterocycles. The van der Waals surface area contributed by atoms with Crippen molar-refractivity contribution in [2.45, 2.75) is 0 Å². The lowest BCUT2D eigenvalue weighted by molar-refractivity contribution is 1.18. The van der Waals surface area contributed by atoms with Crippen molar-refractivity contribution in [2.24, 2.45) is 0 Å². The Morgan fingerprint density at radius 3 is 0.843 bits per heavy atom. The van der Waals surface area contributed by atoms with Gasteiger partial charge in [0.2, 0.25) is 0 Å². The molecular formula is C66H46N4. The molecule has 0 bridgehead atoms. The smallest absolute Gasteiger partial charge is 0.0561 e. The van der Waals surface area contributed by atoms with Crippen molar-refractivity contribution in [2.75, 3.05) is 9.80 Å². The van der Waals surface area contributed by atoms with Gasteiger partial charge in [-0.1, -0.05) is 170 Å². The van der Waals surface area contributed by atoms with Crippen LogP contribution in [0.2, 0.25) is 0 Å². The van der Waals surface area contributed by atoms with Crippen LogP contribution in [-0.2, 0) is 0 Å². The van der Waals surface area contributed by atoms with Crippen molar-refractivity contribution >= 4 is 77.7 Å². The molecule has 70 heavy (non-hydrogen) atoms. The third-order valence-corrected chi connectivity index (χ3v) is 13.7. The zero-order chi connectivity index (χ0) is 46.4. The Balaban J connectivity index is 0.807. The minimum Gasteiger partial charge on any atom is -0.310 e. The average Bonchev–Trinajstić information content (AvgIpc) is 3.95. The zero-order valence-corrected chi connectivity index (χ0v) is 38.3. The first-order valence-electron chi connectivity index (χ1n) is 23.9. The van der Waals surface area contributed by atoms with Gasteiger partial charge < -0.3 is 18.9 Å². The molecule has 0 amide bonds. The lowest BCUT2D eigenvalue weighted by atomic mass is 9.99. The normalized spacial score (nSPS) is 11.4. The minimum atomic E-state index is 1.09. The van der Waals surface area contributed by atoms with E-state index in [2.05, 4.69) is 298 Å². The Labute approximate surface area is 407 Å². The van der Waals surface area contributed by atoms with Crippen molar-refractivity contribution in [3.8, 4) is 33.6 Å². The van der Waals surface area contributed by atoms with Crippen molar-refractivity contribution in [3.05, 3.63) is 279 Å². The number of aromatic nitrogens is 2. The summed E-state index contributed by atoms with van der Waals surface area (Å²) in [6, 6.07) is 101. The molecule has 330 valence electrons. The summed E-state index contributed by atoms with van der Waals surface area (Å²) in [7, 11) is 0. The second-order valence-corrected chi connectivity index (χ2v) is 17.8. The number of para-hydroxylation sites is 6. The Bertz CT molecular complexity index is 3690. The quantitative estimate of drug-likeness (QED) is 0.136. The van der Waals surface area contributed by atoms with Crippen LogP contribution in [0.5, 0.6) is 0 Å². The van der Waals surface area contributed by atoms with Gasteiger partial charge in [0, 0.05) is 67.0 Å². The fraction of sp³-hybridized carbons (Fsp3) is 0. The van der Waals surface area contributed by atoms with E-state index in [1.807, 2.05) is 0 Å². The standard InChI is InChI=1S/C66H46N4/c1-5-17-51(18-6-1)67(57-41-43-61-59-25-13-15-27-63(59)69(65(61)45-57)53-21-9-3-10-22-53)55-37-33-49(34-38-55)47-29-31-48(32-30-47)50-35-39-56(40-36-50)68(52-19-7-2-8-20-52)58-42-44-62-60-26-14-16-28-64(60)70(66(62)46-58)54-23-11-4-12-24-54/h1-46H. The molecule has 0 saturated carbocycles. The van der Waals surface area contributed by atoms with Gasteiger partial charge in [-0.2, -0.15) is 0 Å². The number of hydrogen-bond acceptors (Lipinski definition) is 2. The van der Waals surface area contributed by atoms with Crippen LogP contribution in [-0.4, -0.2) is 9.13 Å². The summed E-state index contributed by atoms with van der Waals surface area (Å²) in [5, 5.41) is 4.96. The molecule has 0 aliphatic rings. The van der Waals surface area contributed by atoms with Crippen LogP contribution in [0.3, 0.4) is 0 Å². The third-order valence-electron chi connectivity index (χ3n) is 13.7. The van der Waals surface area contributed by atoms with E-state index in [1.54, 1.807) is 0 Å². The molecule has 13 aromatic rings. The number of nitrogens with zero attached hydrogens (tertiary/aromatic N) is 4. The molecular weight excluding hydrogens is 849 g/mol. The van der Waals surface area contributed by atoms with Crippen LogP contribution in [0.1, 0.15) is 0 Å². The lowest BCUT2D eigenvalue weighted by Gasteiger charge is -2.26. The molecule has 0 saturated heterocycles. The van der Waals surface area contributed by atoms with E-state index in [-0.39, 0.29) is 0 Å². The molecule has 0 spiro atoms. The highest BCUT2D eigenvalue weighted by Gasteiger charge is 2.20. The van der Waals surface area contributed by atoms with E-state index in [0.29, 0.717) is 0 Å². The van der Waals surface area contributed by atoms with Crippen molar-refractivity contribution in [3.63, 3.8) is 0 Å². The topological polar surface area (TPSA) is 16.3 Å². The highest BCUT2D eigenvalue weighted by Crippen LogP contribution is 2.42. The molecule has 0 atom stereocenters. The first kappa shape index (κ1) is 40.9. The fourth-order valence-electron chi connectivity index (χ4n) is 10.4. The Kier molecular flexibility index (Phi) is 10.1. The SMILES string of the molecule is c1ccc(N(c2ccc(-c3ccc(-c4ccc(N(c5ccccc5)c5ccc6c7ccccc7n(-c7ccccc7)c6c5)cc4)cc3)cc2)c2ccc3c4ccccc4n(-c4ccccc4)c3c2)cc1. The van der Waals surface area contributed by atoms with E-state index in [1.165, 1.54) is 65.9 Å². The number of benzene rings is 11. The number of anilines is 6. The van der Waals surface area contributed by atoms with Crippen molar-refractivity contribution in [1.82, 2.24) is 9.13 Å². The van der Waals surface area contributed by atoms with Gasteiger partial charge in [0.15, 0.2) is 0 Å². The largest absolute Gasteiger partial charge is 0.310 e. The fourth-order valence-corrected chi connectivity index (χ4v) is 10.4. The predicted molar refractivity (Wildman–Crippen MR) is 295 cm³/mol. The average molecular weight is 895 g/mol. The molecule has 13 rings (SSSR count). The lowest BCUT2D eigenvalue weighted by Crippen LogP contribution is -2.10. The molecule has 0 unspecified atom stereocenters. The van der Waals surface area contributed by atoms with Gasteiger partial charge in [-0.15, -0.1) is 0 Å². The minimum absolute atomic E-state index is 1.09. The van der Waals surface area contributed by atoms with E-state index in [9.17, 15) is 0 Å². The Morgan fingerprint density at radius 2 is 0.471 bits per heavy atom. The van der Waals surface area contributed by atoms with Gasteiger partial charge in [-0.3, -0.25) is 0 Å². The molecule has 0 aliphatic carbocycles. The zero-order valence-electron chi connectivity index (χ0n) is 38.3. The summed E-state index contributed by atoms with van der Waals surface area (Å²) in [5.41, 5.74) is 18.3. The molecule has 4 nitrogen and oxygen atoms in total. The summed E-state index contributed by atoms with van der Waals surface area (Å²) in [5.74, 6) is 0. The van der Waals surface area contributed by atoms with E-state index in [0.717, 1.165) is 45.5 Å². The second kappa shape index (κ2) is 17.4. The molecule has 0 radical (unpaired) electrons. The molecule has 2 aromatic heterocycles. The van der Waals surface area contributed by atoms with E-state index < -0.39 is 0 Å². The van der Waals surface area contributed by atoms with Crippen LogP contribution in [0.15, 0.2) is 279 Å². The van der Waals surface area contributed by atoms with Crippen LogP contribution in [0, 0.1) is 0 Å². The molecule has 0 N–H and O–H groups in total. The van der Waals surface area contributed by atoms with Crippen molar-refractivity contribution < 1.29 is 0 Å². The van der Waals surface area contributed by atoms with Crippen molar-refractivity contribution in [1.29, 1.82) is 0 Å². The van der Waals surface area contributed by atoms with Gasteiger partial charge >= 0.3 is 0 Å². The highest BCUT2D eigenvalue weighted by atomic mass is 15.2. The van der Waals surface area contributed by atoms with Crippen LogP contribution in [0.4, 0.5) is 34.1 Å². The number of fused-ring (bicyclic) bond motifs is 6. The molecule has 4 heteroatoms. The Hall–Kier alpha value is -9.38. The first-order valence-corrected chi connectivity index (χ1v) is 23.9. The molecule has 0 fully saturated rings. The van der Waals surface area contributed by atoms with Crippen LogP contribution >= 0.6 is 0 Å². The first-order chi connectivity index (χ1) is 34.7. The van der Waals surface area contributed by atoms with Gasteiger partial charge in [0.25, 0.3) is 0 Å². The highest BCUT2D eigenvalue weighted by molar-refractivity contribution is 6.11. The maximum absolute atomic E-state index is 2.38. The monoisotopic (exact) mass is 894 g/mol. The third kappa shape index (κ3) is 7.18. The van der Waals surface area contributed by atoms with Gasteiger partial charge in [0.05, 0.1) is 22.1 Å². The summed E-state index contributed by atoms with van der Waals surface area (Å²) < 4.78 is 4.76. The summed E-state index contributed by atoms with van der Waals surface area (Å²) in [6.07, 6.45) is 0.